The van der Waals surface area contributed by atoms with Gasteiger partial charge in [0.15, 0.2) is 0 Å². The van der Waals surface area contributed by atoms with Crippen LogP contribution in [0.25, 0.3) is 0 Å². The summed E-state index contributed by atoms with van der Waals surface area (Å²) in [7, 11) is 0. The van der Waals surface area contributed by atoms with Crippen molar-refractivity contribution in [1.82, 2.24) is 5.32 Å². The molecule has 4 heteroatoms. The second kappa shape index (κ2) is 6.29. The van der Waals surface area contributed by atoms with Crippen molar-refractivity contribution in [3.8, 4) is 5.75 Å². The van der Waals surface area contributed by atoms with Gasteiger partial charge in [0.25, 0.3) is 0 Å². The number of rotatable bonds is 5. The summed E-state index contributed by atoms with van der Waals surface area (Å²) in [5.41, 5.74) is 2.71. The summed E-state index contributed by atoms with van der Waals surface area (Å²) in [6, 6.07) is 11.3. The molecule has 1 aliphatic rings. The van der Waals surface area contributed by atoms with Gasteiger partial charge in [-0.2, -0.15) is 0 Å². The van der Waals surface area contributed by atoms with E-state index in [9.17, 15) is 0 Å². The Morgan fingerprint density at radius 3 is 3.00 bits per heavy atom. The Morgan fingerprint density at radius 2 is 2.25 bits per heavy atom. The molecule has 0 saturated carbocycles. The van der Waals surface area contributed by atoms with Gasteiger partial charge in [-0.1, -0.05) is 19.1 Å². The van der Waals surface area contributed by atoms with Gasteiger partial charge >= 0.3 is 0 Å². The second-order valence-corrected chi connectivity index (χ2v) is 7.53. The predicted molar refractivity (Wildman–Crippen MR) is 87.8 cm³/mol. The monoisotopic (exact) mass is 351 g/mol. The van der Waals surface area contributed by atoms with Gasteiger partial charge in [-0.15, -0.1) is 11.3 Å². The van der Waals surface area contributed by atoms with Crippen molar-refractivity contribution in [3.63, 3.8) is 0 Å². The molecule has 0 aliphatic carbocycles. The molecule has 1 atom stereocenters. The van der Waals surface area contributed by atoms with Crippen molar-refractivity contribution >= 4 is 27.3 Å². The molecule has 1 aromatic carbocycles. The Kier molecular flexibility index (Phi) is 4.44. The number of benzene rings is 1. The number of thiophene rings is 1. The molecule has 2 aromatic rings. The lowest BCUT2D eigenvalue weighted by Crippen LogP contribution is -2.22. The Bertz CT molecular complexity index is 596. The number of nitrogens with one attached hydrogen (secondary N) is 1. The summed E-state index contributed by atoms with van der Waals surface area (Å²) < 4.78 is 6.79. The molecule has 0 radical (unpaired) electrons. The van der Waals surface area contributed by atoms with Gasteiger partial charge in [-0.25, -0.2) is 0 Å². The van der Waals surface area contributed by atoms with Crippen molar-refractivity contribution < 1.29 is 4.74 Å². The molecular formula is C16H18BrNOS. The van der Waals surface area contributed by atoms with Crippen LogP contribution in [0, 0.1) is 0 Å². The maximum Gasteiger partial charge on any atom is 0.122 e. The van der Waals surface area contributed by atoms with E-state index in [0.29, 0.717) is 6.04 Å². The van der Waals surface area contributed by atoms with Crippen molar-refractivity contribution in [3.05, 3.63) is 50.1 Å². The minimum Gasteiger partial charge on any atom is -0.493 e. The van der Waals surface area contributed by atoms with Gasteiger partial charge in [0.05, 0.1) is 10.4 Å². The maximum atomic E-state index is 5.59. The van der Waals surface area contributed by atoms with E-state index in [1.165, 1.54) is 19.8 Å². The topological polar surface area (TPSA) is 21.3 Å². The third-order valence-corrected chi connectivity index (χ3v) is 5.25. The minimum atomic E-state index is 0.372. The number of halogens is 1. The number of fused-ring (bicyclic) bond motifs is 1. The fourth-order valence-corrected chi connectivity index (χ4v) is 4.17. The summed E-state index contributed by atoms with van der Waals surface area (Å²) in [5, 5.41) is 3.60. The Hall–Kier alpha value is -0.840. The second-order valence-electron chi connectivity index (χ2n) is 4.99. The van der Waals surface area contributed by atoms with E-state index < -0.39 is 0 Å². The zero-order chi connectivity index (χ0) is 13.9. The zero-order valence-corrected chi connectivity index (χ0v) is 13.9. The molecule has 0 saturated heterocycles. The number of hydrogen-bond donors (Lipinski definition) is 1. The zero-order valence-electron chi connectivity index (χ0n) is 11.5. The van der Waals surface area contributed by atoms with Crippen LogP contribution in [0.1, 0.15) is 29.0 Å². The predicted octanol–water partition coefficient (Wildman–Crippen LogP) is 4.34. The number of ether oxygens (including phenoxy) is 1. The van der Waals surface area contributed by atoms with Crippen molar-refractivity contribution in [2.24, 2.45) is 0 Å². The molecule has 2 nitrogen and oxygen atoms in total. The van der Waals surface area contributed by atoms with Crippen molar-refractivity contribution in [2.75, 3.05) is 13.2 Å². The van der Waals surface area contributed by atoms with Crippen LogP contribution in [0.4, 0.5) is 0 Å². The van der Waals surface area contributed by atoms with Gasteiger partial charge in [0, 0.05) is 23.8 Å². The number of hydrogen-bond acceptors (Lipinski definition) is 3. The highest BCUT2D eigenvalue weighted by atomic mass is 79.9. The Labute approximate surface area is 132 Å². The first-order chi connectivity index (χ1) is 9.76. The van der Waals surface area contributed by atoms with Crippen LogP contribution < -0.4 is 10.1 Å². The van der Waals surface area contributed by atoms with Crippen molar-refractivity contribution in [2.45, 2.75) is 25.8 Å². The third-order valence-electron chi connectivity index (χ3n) is 3.60. The molecule has 3 rings (SSSR count). The molecule has 2 heterocycles. The van der Waals surface area contributed by atoms with Crippen LogP contribution in [-0.4, -0.2) is 13.2 Å². The summed E-state index contributed by atoms with van der Waals surface area (Å²) in [4.78, 5) is 1.40. The van der Waals surface area contributed by atoms with Crippen LogP contribution in [0.3, 0.4) is 0 Å². The van der Waals surface area contributed by atoms with E-state index in [1.807, 2.05) is 11.3 Å². The highest BCUT2D eigenvalue weighted by Gasteiger charge is 2.17. The maximum absolute atomic E-state index is 5.59. The van der Waals surface area contributed by atoms with Gasteiger partial charge in [0.2, 0.25) is 0 Å². The summed E-state index contributed by atoms with van der Waals surface area (Å²) in [5.74, 6) is 1.06. The highest BCUT2D eigenvalue weighted by molar-refractivity contribution is 9.11. The fourth-order valence-electron chi connectivity index (χ4n) is 2.64. The molecule has 1 N–H and O–H groups in total. The largest absolute Gasteiger partial charge is 0.493 e. The number of likely N-dealkylation sites (N-methyl/N-ethyl adjacent to an activating group) is 1. The van der Waals surface area contributed by atoms with E-state index in [0.717, 1.165) is 31.7 Å². The Balaban J connectivity index is 1.82. The van der Waals surface area contributed by atoms with Crippen LogP contribution >= 0.6 is 27.3 Å². The molecule has 1 aliphatic heterocycles. The quantitative estimate of drug-likeness (QED) is 0.864. The summed E-state index contributed by atoms with van der Waals surface area (Å²) >= 11 is 5.35. The molecule has 0 amide bonds. The van der Waals surface area contributed by atoms with Gasteiger partial charge in [-0.3, -0.25) is 0 Å². The normalized spacial score (nSPS) is 14.9. The standard InChI is InChI=1S/C16H18BrNOS/c1-2-18-14(10-13-4-6-16(17)20-13)11-3-5-15-12(9-11)7-8-19-15/h3-6,9,14,18H,2,7-8,10H2,1H3. The summed E-state index contributed by atoms with van der Waals surface area (Å²) in [6.45, 7) is 3.96. The van der Waals surface area contributed by atoms with Gasteiger partial charge < -0.3 is 10.1 Å². The van der Waals surface area contributed by atoms with Crippen LogP contribution in [0.2, 0.25) is 0 Å². The lowest BCUT2D eigenvalue weighted by atomic mass is 9.99. The molecule has 106 valence electrons. The molecule has 0 fully saturated rings. The first-order valence-electron chi connectivity index (χ1n) is 6.99. The van der Waals surface area contributed by atoms with E-state index in [2.05, 4.69) is 58.5 Å². The Morgan fingerprint density at radius 1 is 1.35 bits per heavy atom. The lowest BCUT2D eigenvalue weighted by molar-refractivity contribution is 0.356. The molecular weight excluding hydrogens is 334 g/mol. The average molecular weight is 352 g/mol. The van der Waals surface area contributed by atoms with E-state index >= 15 is 0 Å². The summed E-state index contributed by atoms with van der Waals surface area (Å²) in [6.07, 6.45) is 2.07. The van der Waals surface area contributed by atoms with Crippen LogP contribution in [0.5, 0.6) is 5.75 Å². The highest BCUT2D eigenvalue weighted by Crippen LogP contribution is 2.31. The molecule has 1 unspecified atom stereocenters. The first-order valence-corrected chi connectivity index (χ1v) is 8.60. The molecule has 20 heavy (non-hydrogen) atoms. The molecule has 1 aromatic heterocycles. The van der Waals surface area contributed by atoms with Gasteiger partial charge in [-0.05, 0) is 51.8 Å². The first kappa shape index (κ1) is 14.1. The SMILES string of the molecule is CCNC(Cc1ccc(Br)s1)c1ccc2c(c1)CCO2. The van der Waals surface area contributed by atoms with Crippen LogP contribution in [-0.2, 0) is 12.8 Å². The van der Waals surface area contributed by atoms with Crippen LogP contribution in [0.15, 0.2) is 34.1 Å². The van der Waals surface area contributed by atoms with Crippen molar-refractivity contribution in [1.29, 1.82) is 0 Å². The molecule has 0 spiro atoms. The van der Waals surface area contributed by atoms with Gasteiger partial charge in [0.1, 0.15) is 5.75 Å². The van der Waals surface area contributed by atoms with E-state index in [1.54, 1.807) is 0 Å². The fraction of sp³-hybridized carbons (Fsp3) is 0.375. The lowest BCUT2D eigenvalue weighted by Gasteiger charge is -2.18. The van der Waals surface area contributed by atoms with E-state index in [-0.39, 0.29) is 0 Å². The minimum absolute atomic E-state index is 0.372. The van der Waals surface area contributed by atoms with E-state index in [4.69, 9.17) is 4.74 Å². The average Bonchev–Trinajstić information content (AvgIpc) is 3.06. The smallest absolute Gasteiger partial charge is 0.122 e. The molecule has 0 bridgehead atoms. The third kappa shape index (κ3) is 3.08.